The van der Waals surface area contributed by atoms with Crippen LogP contribution in [-0.4, -0.2) is 4.83 Å². The summed E-state index contributed by atoms with van der Waals surface area (Å²) in [6.07, 6.45) is 0. The second-order valence-electron chi connectivity index (χ2n) is 4.62. The summed E-state index contributed by atoms with van der Waals surface area (Å²) in [6, 6.07) is 13.1. The average molecular weight is 431 g/mol. The van der Waals surface area contributed by atoms with E-state index < -0.39 is 0 Å². The molecule has 0 saturated heterocycles. The fraction of sp³-hybridized carbons (Fsp3) is 0.200. The lowest BCUT2D eigenvalue weighted by atomic mass is 9.94. The van der Waals surface area contributed by atoms with Gasteiger partial charge in [-0.25, -0.2) is 0 Å². The number of hydrogen-bond donors (Lipinski definition) is 0. The van der Waals surface area contributed by atoms with Crippen molar-refractivity contribution >= 4 is 47.8 Å². The maximum atomic E-state index is 3.76. The Kier molecular flexibility index (Phi) is 3.41. The molecule has 2 aromatic carbocycles. The van der Waals surface area contributed by atoms with E-state index in [4.69, 9.17) is 0 Å². The highest BCUT2D eigenvalue weighted by molar-refractivity contribution is 9.10. The highest BCUT2D eigenvalue weighted by Gasteiger charge is 2.31. The zero-order chi connectivity index (χ0) is 12.9. The van der Waals surface area contributed by atoms with E-state index >= 15 is 0 Å². The van der Waals surface area contributed by atoms with Gasteiger partial charge >= 0.3 is 0 Å². The van der Waals surface area contributed by atoms with Crippen LogP contribution >= 0.6 is 47.8 Å². The van der Waals surface area contributed by atoms with Crippen molar-refractivity contribution in [3.8, 4) is 11.1 Å². The number of halogens is 3. The molecule has 0 radical (unpaired) electrons. The summed E-state index contributed by atoms with van der Waals surface area (Å²) >= 11 is 10.9. The highest BCUT2D eigenvalue weighted by Crippen LogP contribution is 2.49. The third-order valence-corrected chi connectivity index (χ3v) is 4.96. The zero-order valence-corrected chi connectivity index (χ0v) is 14.5. The Hall–Kier alpha value is -0.120. The van der Waals surface area contributed by atoms with Crippen molar-refractivity contribution in [3.63, 3.8) is 0 Å². The first-order chi connectivity index (χ1) is 8.58. The van der Waals surface area contributed by atoms with E-state index in [1.165, 1.54) is 22.3 Å². The van der Waals surface area contributed by atoms with Crippen LogP contribution in [0.25, 0.3) is 11.1 Å². The van der Waals surface area contributed by atoms with E-state index in [-0.39, 0.29) is 0 Å². The van der Waals surface area contributed by atoms with E-state index in [0.717, 1.165) is 8.95 Å². The van der Waals surface area contributed by atoms with Gasteiger partial charge in [-0.15, -0.1) is 0 Å². The molecule has 0 aliphatic heterocycles. The molecule has 1 atom stereocenters. The van der Waals surface area contributed by atoms with Gasteiger partial charge in [0.15, 0.2) is 0 Å². The molecule has 0 aromatic heterocycles. The Labute approximate surface area is 132 Å². The Balaban J connectivity index is 2.29. The van der Waals surface area contributed by atoms with Gasteiger partial charge in [0.25, 0.3) is 0 Å². The molecule has 3 rings (SSSR count). The van der Waals surface area contributed by atoms with Crippen molar-refractivity contribution in [1.82, 2.24) is 0 Å². The highest BCUT2D eigenvalue weighted by atomic mass is 79.9. The first-order valence-electron chi connectivity index (χ1n) is 5.81. The van der Waals surface area contributed by atoms with Gasteiger partial charge in [0.2, 0.25) is 0 Å². The topological polar surface area (TPSA) is 0 Å². The van der Waals surface area contributed by atoms with Crippen LogP contribution < -0.4 is 0 Å². The zero-order valence-electron chi connectivity index (χ0n) is 9.75. The average Bonchev–Trinajstić information content (AvgIpc) is 2.60. The van der Waals surface area contributed by atoms with Crippen LogP contribution in [-0.2, 0) is 0 Å². The van der Waals surface area contributed by atoms with Gasteiger partial charge in [0, 0.05) is 19.7 Å². The van der Waals surface area contributed by atoms with Crippen LogP contribution in [0.1, 0.15) is 24.0 Å². The third kappa shape index (κ3) is 2.00. The first-order valence-corrected chi connectivity index (χ1v) is 8.31. The Morgan fingerprint density at radius 3 is 1.72 bits per heavy atom. The number of fused-ring (bicyclic) bond motifs is 3. The quantitative estimate of drug-likeness (QED) is 0.479. The largest absolute Gasteiger partial charge is 0.0883 e. The second kappa shape index (κ2) is 4.77. The maximum absolute atomic E-state index is 3.76. The monoisotopic (exact) mass is 428 g/mol. The first kappa shape index (κ1) is 12.9. The summed E-state index contributed by atoms with van der Waals surface area (Å²) < 4.78 is 2.29. The molecule has 3 heteroatoms. The fourth-order valence-corrected chi connectivity index (χ4v) is 4.06. The minimum Gasteiger partial charge on any atom is -0.0883 e. The lowest BCUT2D eigenvalue weighted by molar-refractivity contribution is 0.827. The molecule has 18 heavy (non-hydrogen) atoms. The number of benzene rings is 2. The molecule has 0 saturated carbocycles. The predicted molar refractivity (Wildman–Crippen MR) is 87.5 cm³/mol. The van der Waals surface area contributed by atoms with Gasteiger partial charge in [0.05, 0.1) is 0 Å². The van der Waals surface area contributed by atoms with Gasteiger partial charge in [-0.2, -0.15) is 0 Å². The fourth-order valence-electron chi connectivity index (χ4n) is 2.73. The SMILES string of the molecule is C[C@@H](Br)C1c2cc(Br)ccc2-c2ccc(Br)cc21. The summed E-state index contributed by atoms with van der Waals surface area (Å²) in [5.41, 5.74) is 5.53. The van der Waals surface area contributed by atoms with Gasteiger partial charge in [0.1, 0.15) is 0 Å². The molecular formula is C15H11Br3. The van der Waals surface area contributed by atoms with Crippen molar-refractivity contribution in [2.24, 2.45) is 0 Å². The molecule has 0 heterocycles. The number of alkyl halides is 1. The van der Waals surface area contributed by atoms with Gasteiger partial charge < -0.3 is 0 Å². The van der Waals surface area contributed by atoms with Crippen LogP contribution in [0, 0.1) is 0 Å². The normalized spacial score (nSPS) is 15.3. The summed E-state index contributed by atoms with van der Waals surface area (Å²) in [7, 11) is 0. The molecule has 0 amide bonds. The molecule has 0 unspecified atom stereocenters. The Morgan fingerprint density at radius 2 is 1.33 bits per heavy atom. The molecule has 2 aromatic rings. The standard InChI is InChI=1S/C15H11Br3/c1-8(16)15-13-6-9(17)2-4-11(13)12-5-3-10(18)7-14(12)15/h2-8,15H,1H3/t8-/m1/s1. The smallest absolute Gasteiger partial charge is 0.0227 e. The van der Waals surface area contributed by atoms with Crippen LogP contribution in [0.3, 0.4) is 0 Å². The van der Waals surface area contributed by atoms with Crippen LogP contribution in [0.5, 0.6) is 0 Å². The molecule has 0 N–H and O–H groups in total. The lowest BCUT2D eigenvalue weighted by Gasteiger charge is -2.16. The molecule has 0 fully saturated rings. The predicted octanol–water partition coefficient (Wildman–Crippen LogP) is 6.11. The number of hydrogen-bond acceptors (Lipinski definition) is 0. The van der Waals surface area contributed by atoms with Gasteiger partial charge in [-0.1, -0.05) is 66.8 Å². The van der Waals surface area contributed by atoms with E-state index in [1.54, 1.807) is 0 Å². The van der Waals surface area contributed by atoms with E-state index in [0.29, 0.717) is 10.7 Å². The Bertz CT molecular complexity index is 566. The van der Waals surface area contributed by atoms with E-state index in [1.807, 2.05) is 0 Å². The lowest BCUT2D eigenvalue weighted by Crippen LogP contribution is -2.07. The van der Waals surface area contributed by atoms with Crippen LogP contribution in [0.15, 0.2) is 45.3 Å². The Morgan fingerprint density at radius 1 is 0.889 bits per heavy atom. The van der Waals surface area contributed by atoms with E-state index in [9.17, 15) is 0 Å². The second-order valence-corrected chi connectivity index (χ2v) is 7.89. The number of rotatable bonds is 1. The van der Waals surface area contributed by atoms with Crippen molar-refractivity contribution in [1.29, 1.82) is 0 Å². The molecule has 1 aliphatic rings. The van der Waals surface area contributed by atoms with E-state index in [2.05, 4.69) is 91.1 Å². The molecule has 92 valence electrons. The van der Waals surface area contributed by atoms with Crippen molar-refractivity contribution in [2.45, 2.75) is 17.7 Å². The molecule has 0 nitrogen and oxygen atoms in total. The molecular weight excluding hydrogens is 420 g/mol. The van der Waals surface area contributed by atoms with Gasteiger partial charge in [-0.05, 0) is 46.5 Å². The van der Waals surface area contributed by atoms with Gasteiger partial charge in [-0.3, -0.25) is 0 Å². The molecule has 0 bridgehead atoms. The third-order valence-electron chi connectivity index (χ3n) is 3.45. The minimum absolute atomic E-state index is 0.418. The van der Waals surface area contributed by atoms with Crippen molar-refractivity contribution in [3.05, 3.63) is 56.5 Å². The summed E-state index contributed by atoms with van der Waals surface area (Å²) in [6.45, 7) is 2.21. The molecule has 1 aliphatic carbocycles. The summed E-state index contributed by atoms with van der Waals surface area (Å²) in [5, 5.41) is 0. The summed E-state index contributed by atoms with van der Waals surface area (Å²) in [4.78, 5) is 0.418. The minimum atomic E-state index is 0.418. The molecule has 0 spiro atoms. The summed E-state index contributed by atoms with van der Waals surface area (Å²) in [5.74, 6) is 0.421. The van der Waals surface area contributed by atoms with Crippen molar-refractivity contribution < 1.29 is 0 Å². The van der Waals surface area contributed by atoms with Crippen LogP contribution in [0.2, 0.25) is 0 Å². The maximum Gasteiger partial charge on any atom is 0.0227 e. The van der Waals surface area contributed by atoms with Crippen LogP contribution in [0.4, 0.5) is 0 Å². The van der Waals surface area contributed by atoms with Crippen molar-refractivity contribution in [2.75, 3.05) is 0 Å².